The predicted octanol–water partition coefficient (Wildman–Crippen LogP) is 9.72. The van der Waals surface area contributed by atoms with Crippen molar-refractivity contribution in [3.63, 3.8) is 0 Å². The zero-order valence-corrected chi connectivity index (χ0v) is 25.1. The lowest BCUT2D eigenvalue weighted by molar-refractivity contribution is 0.468. The van der Waals surface area contributed by atoms with Gasteiger partial charge < -0.3 is 9.47 Å². The van der Waals surface area contributed by atoms with Crippen molar-refractivity contribution in [1.82, 2.24) is 4.98 Å². The summed E-state index contributed by atoms with van der Waals surface area (Å²) in [4.78, 5) is 4.53. The lowest BCUT2D eigenvalue weighted by Gasteiger charge is -2.36. The molecule has 1 atom stereocenters. The smallest absolute Gasteiger partial charge is 0.147 e. The van der Waals surface area contributed by atoms with Gasteiger partial charge in [-0.05, 0) is 76.3 Å². The molecule has 0 aliphatic carbocycles. The minimum Gasteiger partial charge on any atom is -0.456 e. The standard InChI is InChI=1S/C41H26NO2P/c1-3-9-27(10-4-1)31-18-22-38-36(25-31)43-35-21-20-33(29-14-16-30(17-15-29)34-13-7-8-24-42-34)40-41(35)45(38)39-23-19-32(26-37(39)44-40)28-11-5-2-6-12-28/h1-26H. The molecule has 3 heterocycles. The lowest BCUT2D eigenvalue weighted by Crippen LogP contribution is -2.32. The molecule has 0 N–H and O–H groups in total. The maximum Gasteiger partial charge on any atom is 0.147 e. The number of aromatic nitrogens is 1. The summed E-state index contributed by atoms with van der Waals surface area (Å²) in [7, 11) is -0.923. The first-order valence-electron chi connectivity index (χ1n) is 15.0. The molecule has 0 fully saturated rings. The minimum atomic E-state index is -0.923. The van der Waals surface area contributed by atoms with E-state index in [1.807, 2.05) is 36.5 Å². The van der Waals surface area contributed by atoms with Crippen LogP contribution in [-0.2, 0) is 0 Å². The van der Waals surface area contributed by atoms with Crippen LogP contribution in [-0.4, -0.2) is 4.98 Å². The summed E-state index contributed by atoms with van der Waals surface area (Å²) >= 11 is 0. The van der Waals surface area contributed by atoms with E-state index in [0.29, 0.717) is 0 Å². The third-order valence-corrected chi connectivity index (χ3v) is 11.1. The van der Waals surface area contributed by atoms with Crippen molar-refractivity contribution >= 4 is 23.8 Å². The van der Waals surface area contributed by atoms with Crippen molar-refractivity contribution < 1.29 is 9.47 Å². The Bertz CT molecular complexity index is 2190. The van der Waals surface area contributed by atoms with Crippen LogP contribution in [0, 0.1) is 0 Å². The van der Waals surface area contributed by atoms with Crippen LogP contribution >= 0.6 is 7.92 Å². The van der Waals surface area contributed by atoms with E-state index >= 15 is 0 Å². The molecule has 7 aromatic rings. The highest BCUT2D eigenvalue weighted by atomic mass is 31.1. The maximum atomic E-state index is 6.92. The van der Waals surface area contributed by atoms with E-state index in [1.54, 1.807) is 0 Å². The van der Waals surface area contributed by atoms with Crippen LogP contribution in [0.15, 0.2) is 158 Å². The van der Waals surface area contributed by atoms with Crippen LogP contribution < -0.4 is 25.4 Å². The molecular formula is C41H26NO2P. The maximum absolute atomic E-state index is 6.92. The van der Waals surface area contributed by atoms with Gasteiger partial charge in [0.15, 0.2) is 0 Å². The molecule has 9 rings (SSSR count). The van der Waals surface area contributed by atoms with Crippen LogP contribution in [0.3, 0.4) is 0 Å². The highest BCUT2D eigenvalue weighted by molar-refractivity contribution is 7.80. The number of rotatable bonds is 4. The van der Waals surface area contributed by atoms with E-state index in [1.165, 1.54) is 21.7 Å². The summed E-state index contributed by atoms with van der Waals surface area (Å²) in [5, 5.41) is 3.55. The van der Waals surface area contributed by atoms with Crippen LogP contribution in [0.5, 0.6) is 23.0 Å². The Balaban J connectivity index is 1.21. The Morgan fingerprint density at radius 2 is 1.00 bits per heavy atom. The average Bonchev–Trinajstić information content (AvgIpc) is 3.12. The van der Waals surface area contributed by atoms with Crippen LogP contribution in [0.2, 0.25) is 0 Å². The molecule has 0 bridgehead atoms. The SMILES string of the molecule is c1ccc(-c2ccc3c(c2)Oc2ccc(-c4ccc(-c5ccccn5)cc4)c4c2P3c2ccc(-c3ccccc3)cc2O4)cc1. The molecule has 1 unspecified atom stereocenters. The van der Waals surface area contributed by atoms with E-state index in [4.69, 9.17) is 9.47 Å². The van der Waals surface area contributed by atoms with Crippen molar-refractivity contribution in [3.05, 3.63) is 158 Å². The third kappa shape index (κ3) is 4.44. The van der Waals surface area contributed by atoms with Crippen molar-refractivity contribution in [1.29, 1.82) is 0 Å². The molecule has 4 heteroatoms. The van der Waals surface area contributed by atoms with E-state index in [2.05, 4.69) is 126 Å². The van der Waals surface area contributed by atoms with Crippen molar-refractivity contribution in [2.24, 2.45) is 0 Å². The van der Waals surface area contributed by atoms with Gasteiger partial charge in [0.05, 0.1) is 11.0 Å². The summed E-state index contributed by atoms with van der Waals surface area (Å²) in [6.07, 6.45) is 1.83. The average molecular weight is 596 g/mol. The first kappa shape index (κ1) is 25.9. The number of ether oxygens (including phenoxy) is 2. The van der Waals surface area contributed by atoms with Gasteiger partial charge in [0.1, 0.15) is 23.0 Å². The van der Waals surface area contributed by atoms with E-state index in [-0.39, 0.29) is 0 Å². The topological polar surface area (TPSA) is 31.4 Å². The number of benzene rings is 6. The Labute approximate surface area is 263 Å². The molecule has 0 radical (unpaired) electrons. The molecule has 3 nitrogen and oxygen atoms in total. The molecular weight excluding hydrogens is 569 g/mol. The van der Waals surface area contributed by atoms with E-state index < -0.39 is 7.92 Å². The van der Waals surface area contributed by atoms with Gasteiger partial charge in [-0.15, -0.1) is 0 Å². The van der Waals surface area contributed by atoms with Gasteiger partial charge in [0.25, 0.3) is 0 Å². The summed E-state index contributed by atoms with van der Waals surface area (Å²) in [5.74, 6) is 3.55. The largest absolute Gasteiger partial charge is 0.456 e. The van der Waals surface area contributed by atoms with Crippen molar-refractivity contribution in [2.75, 3.05) is 0 Å². The molecule has 2 aliphatic rings. The van der Waals surface area contributed by atoms with Gasteiger partial charge >= 0.3 is 0 Å². The second-order valence-electron chi connectivity index (χ2n) is 11.2. The zero-order valence-electron chi connectivity index (χ0n) is 24.2. The monoisotopic (exact) mass is 595 g/mol. The molecule has 212 valence electrons. The second kappa shape index (κ2) is 10.6. The fourth-order valence-electron chi connectivity index (χ4n) is 6.31. The van der Waals surface area contributed by atoms with Gasteiger partial charge in [-0.2, -0.15) is 0 Å². The fourth-order valence-corrected chi connectivity index (χ4v) is 8.87. The number of hydrogen-bond acceptors (Lipinski definition) is 3. The van der Waals surface area contributed by atoms with Crippen LogP contribution in [0.4, 0.5) is 0 Å². The Hall–Kier alpha value is -5.50. The van der Waals surface area contributed by atoms with Crippen molar-refractivity contribution in [2.45, 2.75) is 0 Å². The molecule has 0 spiro atoms. The minimum absolute atomic E-state index is 0.862. The van der Waals surface area contributed by atoms with Crippen LogP contribution in [0.25, 0.3) is 44.6 Å². The molecule has 2 aliphatic heterocycles. The Morgan fingerprint density at radius 1 is 0.422 bits per heavy atom. The lowest BCUT2D eigenvalue weighted by atomic mass is 10.0. The normalized spacial score (nSPS) is 13.9. The predicted molar refractivity (Wildman–Crippen MR) is 185 cm³/mol. The van der Waals surface area contributed by atoms with Crippen molar-refractivity contribution in [3.8, 4) is 67.6 Å². The number of hydrogen-bond donors (Lipinski definition) is 0. The molecule has 1 aromatic heterocycles. The van der Waals surface area contributed by atoms with Gasteiger partial charge in [-0.25, -0.2) is 0 Å². The third-order valence-electron chi connectivity index (χ3n) is 8.52. The highest BCUT2D eigenvalue weighted by Crippen LogP contribution is 2.55. The molecule has 45 heavy (non-hydrogen) atoms. The number of fused-ring (bicyclic) bond motifs is 4. The fraction of sp³-hybridized carbons (Fsp3) is 0. The molecule has 0 saturated carbocycles. The Morgan fingerprint density at radius 3 is 1.62 bits per heavy atom. The first-order valence-corrected chi connectivity index (χ1v) is 16.4. The van der Waals surface area contributed by atoms with Gasteiger partial charge in [-0.3, -0.25) is 4.98 Å². The van der Waals surface area contributed by atoms with Gasteiger partial charge in [0, 0.05) is 35.9 Å². The van der Waals surface area contributed by atoms with Gasteiger partial charge in [-0.1, -0.05) is 103 Å². The van der Waals surface area contributed by atoms with E-state index in [0.717, 1.165) is 61.8 Å². The van der Waals surface area contributed by atoms with Crippen LogP contribution in [0.1, 0.15) is 0 Å². The highest BCUT2D eigenvalue weighted by Gasteiger charge is 2.38. The first-order chi connectivity index (χ1) is 22.3. The van der Waals surface area contributed by atoms with E-state index in [9.17, 15) is 0 Å². The van der Waals surface area contributed by atoms with Gasteiger partial charge in [0.2, 0.25) is 0 Å². The summed E-state index contributed by atoms with van der Waals surface area (Å²) < 4.78 is 13.6. The summed E-state index contributed by atoms with van der Waals surface area (Å²) in [6, 6.07) is 53.1. The number of nitrogens with zero attached hydrogens (tertiary/aromatic N) is 1. The quantitative estimate of drug-likeness (QED) is 0.190. The zero-order chi connectivity index (χ0) is 29.7. The summed E-state index contributed by atoms with van der Waals surface area (Å²) in [5.41, 5.74) is 8.81. The second-order valence-corrected chi connectivity index (χ2v) is 13.3. The molecule has 0 saturated heterocycles. The molecule has 0 amide bonds. The Kier molecular flexibility index (Phi) is 6.11. The summed E-state index contributed by atoms with van der Waals surface area (Å²) in [6.45, 7) is 0. The molecule has 6 aromatic carbocycles. The number of pyridine rings is 1.